The Morgan fingerprint density at radius 1 is 1.18 bits per heavy atom. The number of hydrogen-bond acceptors (Lipinski definition) is 6. The van der Waals surface area contributed by atoms with Gasteiger partial charge in [-0.1, -0.05) is 12.1 Å². The number of aliphatic hydroxyl groups excluding tert-OH is 1. The Morgan fingerprint density at radius 3 is 2.39 bits per heavy atom. The molecule has 0 bridgehead atoms. The number of guanidine groups is 1. The molecule has 0 aliphatic heterocycles. The highest BCUT2D eigenvalue weighted by Crippen LogP contribution is 2.31. The highest BCUT2D eigenvalue weighted by atomic mass is 35.5. The van der Waals surface area contributed by atoms with Crippen LogP contribution in [0.25, 0.3) is 0 Å². The molecule has 1 aromatic heterocycles. The minimum Gasteiger partial charge on any atom is -0.456 e. The number of benzene rings is 2. The zero-order valence-corrected chi connectivity index (χ0v) is 19.8. The van der Waals surface area contributed by atoms with Crippen molar-refractivity contribution >= 4 is 46.5 Å². The standard InChI is InChI=1S/C20H21N5O5S.2ClH/c1-31(28,29)18-10-14(19(27)24-20(21)22)4-7-17(18)30-15-5-2-13(3-6-15)16(26)11-25-9-8-23-12-25;;/h2-10,12,16,26H,11H2,1H3,(H4,21,22,24,27);2*1H. The van der Waals surface area contributed by atoms with E-state index in [1.807, 2.05) is 0 Å². The molecule has 3 aromatic rings. The molecule has 5 N–H and O–H groups in total. The van der Waals surface area contributed by atoms with E-state index in [0.717, 1.165) is 12.3 Å². The molecule has 1 heterocycles. The molecule has 0 fully saturated rings. The fraction of sp³-hybridized carbons (Fsp3) is 0.150. The Balaban J connectivity index is 0.00000272. The molecule has 3 rings (SSSR count). The molecule has 2 aromatic carbocycles. The molecular weight excluding hydrogens is 493 g/mol. The summed E-state index contributed by atoms with van der Waals surface area (Å²) < 4.78 is 31.9. The van der Waals surface area contributed by atoms with E-state index in [4.69, 9.17) is 16.2 Å². The Hall–Kier alpha value is -3.12. The fourth-order valence-corrected chi connectivity index (χ4v) is 3.60. The van der Waals surface area contributed by atoms with Gasteiger partial charge in [-0.2, -0.15) is 4.99 Å². The topological polar surface area (TPSA) is 163 Å². The van der Waals surface area contributed by atoms with Gasteiger partial charge in [-0.25, -0.2) is 13.4 Å². The predicted molar refractivity (Wildman–Crippen MR) is 128 cm³/mol. The first-order valence-corrected chi connectivity index (χ1v) is 10.9. The lowest BCUT2D eigenvalue weighted by atomic mass is 10.1. The van der Waals surface area contributed by atoms with Gasteiger partial charge in [-0.15, -0.1) is 24.8 Å². The van der Waals surface area contributed by atoms with E-state index >= 15 is 0 Å². The van der Waals surface area contributed by atoms with E-state index in [-0.39, 0.29) is 41.0 Å². The predicted octanol–water partition coefficient (Wildman–Crippen LogP) is 2.07. The van der Waals surface area contributed by atoms with Crippen molar-refractivity contribution in [3.8, 4) is 11.5 Å². The summed E-state index contributed by atoms with van der Waals surface area (Å²) in [6.07, 6.45) is 5.22. The smallest absolute Gasteiger partial charge is 0.280 e. The van der Waals surface area contributed by atoms with Crippen LogP contribution in [0.1, 0.15) is 22.0 Å². The van der Waals surface area contributed by atoms with Gasteiger partial charge >= 0.3 is 0 Å². The molecule has 0 saturated carbocycles. The number of carbonyl (C=O) groups is 1. The van der Waals surface area contributed by atoms with E-state index in [1.54, 1.807) is 47.6 Å². The molecule has 1 atom stereocenters. The van der Waals surface area contributed by atoms with Crippen LogP contribution in [0, 0.1) is 0 Å². The van der Waals surface area contributed by atoms with Gasteiger partial charge in [0.2, 0.25) is 0 Å². The van der Waals surface area contributed by atoms with Crippen LogP contribution in [0.2, 0.25) is 0 Å². The maximum atomic E-state index is 12.2. The number of halogens is 2. The van der Waals surface area contributed by atoms with Gasteiger partial charge in [0.05, 0.1) is 19.0 Å². The van der Waals surface area contributed by atoms with Crippen LogP contribution in [0.3, 0.4) is 0 Å². The molecule has 0 aliphatic carbocycles. The number of nitrogens with zero attached hydrogens (tertiary/aromatic N) is 3. The summed E-state index contributed by atoms with van der Waals surface area (Å²) >= 11 is 0. The highest BCUT2D eigenvalue weighted by molar-refractivity contribution is 7.90. The molecular formula is C20H23Cl2N5O5S. The number of carbonyl (C=O) groups excluding carboxylic acids is 1. The van der Waals surface area contributed by atoms with Gasteiger partial charge in [0, 0.05) is 24.2 Å². The molecule has 1 amide bonds. The minimum atomic E-state index is -3.73. The van der Waals surface area contributed by atoms with Crippen LogP contribution in [0.4, 0.5) is 0 Å². The molecule has 10 nitrogen and oxygen atoms in total. The van der Waals surface area contributed by atoms with Crippen molar-refractivity contribution in [2.75, 3.05) is 6.26 Å². The van der Waals surface area contributed by atoms with Crippen molar-refractivity contribution in [1.29, 1.82) is 0 Å². The molecule has 1 unspecified atom stereocenters. The van der Waals surface area contributed by atoms with Gasteiger partial charge in [0.1, 0.15) is 16.4 Å². The minimum absolute atomic E-state index is 0. The Labute approximate surface area is 203 Å². The fourth-order valence-electron chi connectivity index (χ4n) is 2.78. The van der Waals surface area contributed by atoms with Crippen LogP contribution < -0.4 is 16.2 Å². The van der Waals surface area contributed by atoms with E-state index in [9.17, 15) is 18.3 Å². The van der Waals surface area contributed by atoms with Crippen molar-refractivity contribution in [3.63, 3.8) is 0 Å². The van der Waals surface area contributed by atoms with Gasteiger partial charge in [-0.05, 0) is 35.9 Å². The Kier molecular flexibility index (Phi) is 9.86. The quantitative estimate of drug-likeness (QED) is 0.317. The van der Waals surface area contributed by atoms with Crippen molar-refractivity contribution in [2.45, 2.75) is 17.5 Å². The number of rotatable bonds is 7. The molecule has 178 valence electrons. The lowest BCUT2D eigenvalue weighted by molar-refractivity contribution is 0.100. The second-order valence-corrected chi connectivity index (χ2v) is 8.71. The zero-order valence-electron chi connectivity index (χ0n) is 17.4. The molecule has 0 radical (unpaired) electrons. The summed E-state index contributed by atoms with van der Waals surface area (Å²) in [5, 5.41) is 10.3. The first kappa shape index (κ1) is 27.9. The van der Waals surface area contributed by atoms with Gasteiger partial charge in [0.15, 0.2) is 15.8 Å². The van der Waals surface area contributed by atoms with Crippen LogP contribution >= 0.6 is 24.8 Å². The molecule has 33 heavy (non-hydrogen) atoms. The van der Waals surface area contributed by atoms with E-state index in [1.165, 1.54) is 12.1 Å². The molecule has 0 spiro atoms. The van der Waals surface area contributed by atoms with Gasteiger partial charge in [-0.3, -0.25) is 4.79 Å². The molecule has 0 aliphatic rings. The largest absolute Gasteiger partial charge is 0.456 e. The van der Waals surface area contributed by atoms with E-state index in [0.29, 0.717) is 17.9 Å². The number of imidazole rings is 1. The molecule has 0 saturated heterocycles. The summed E-state index contributed by atoms with van der Waals surface area (Å²) in [6, 6.07) is 10.4. The summed E-state index contributed by atoms with van der Waals surface area (Å²) in [5.41, 5.74) is 11.1. The maximum absolute atomic E-state index is 12.2. The number of sulfone groups is 1. The maximum Gasteiger partial charge on any atom is 0.280 e. The van der Waals surface area contributed by atoms with Crippen molar-refractivity contribution < 1.29 is 23.1 Å². The normalized spacial score (nSPS) is 11.5. The number of aliphatic hydroxyl groups is 1. The number of nitrogens with two attached hydrogens (primary N) is 2. The highest BCUT2D eigenvalue weighted by Gasteiger charge is 2.19. The average Bonchev–Trinajstić information content (AvgIpc) is 3.20. The lowest BCUT2D eigenvalue weighted by Crippen LogP contribution is -2.24. The van der Waals surface area contributed by atoms with Crippen molar-refractivity contribution in [2.24, 2.45) is 16.5 Å². The lowest BCUT2D eigenvalue weighted by Gasteiger charge is -2.14. The number of aliphatic imine (C=N–C) groups is 1. The Morgan fingerprint density at radius 2 is 1.85 bits per heavy atom. The summed E-state index contributed by atoms with van der Waals surface area (Å²) in [4.78, 5) is 19.2. The second kappa shape index (κ2) is 11.7. The first-order valence-electron chi connectivity index (χ1n) is 9.03. The third-order valence-corrected chi connectivity index (χ3v) is 5.37. The SMILES string of the molecule is CS(=O)(=O)c1cc(C(=O)N=C(N)N)ccc1Oc1ccc(C(O)Cn2ccnc2)cc1.Cl.Cl. The summed E-state index contributed by atoms with van der Waals surface area (Å²) in [5.74, 6) is -0.809. The average molecular weight is 516 g/mol. The van der Waals surface area contributed by atoms with Crippen LogP contribution in [0.5, 0.6) is 11.5 Å². The van der Waals surface area contributed by atoms with Crippen LogP contribution in [-0.2, 0) is 16.4 Å². The number of ether oxygens (including phenoxy) is 1. The van der Waals surface area contributed by atoms with E-state index < -0.39 is 27.8 Å². The number of hydrogen-bond donors (Lipinski definition) is 3. The van der Waals surface area contributed by atoms with Crippen molar-refractivity contribution in [3.05, 3.63) is 72.3 Å². The number of aromatic nitrogens is 2. The third-order valence-electron chi connectivity index (χ3n) is 4.26. The van der Waals surface area contributed by atoms with Crippen LogP contribution in [0.15, 0.2) is 71.1 Å². The number of amides is 1. The first-order chi connectivity index (χ1) is 14.6. The third kappa shape index (κ3) is 7.46. The summed E-state index contributed by atoms with van der Waals surface area (Å²) in [7, 11) is -3.73. The van der Waals surface area contributed by atoms with E-state index in [2.05, 4.69) is 9.98 Å². The monoisotopic (exact) mass is 515 g/mol. The summed E-state index contributed by atoms with van der Waals surface area (Å²) in [6.45, 7) is 0.337. The zero-order chi connectivity index (χ0) is 22.6. The second-order valence-electron chi connectivity index (χ2n) is 6.72. The van der Waals surface area contributed by atoms with Crippen molar-refractivity contribution in [1.82, 2.24) is 9.55 Å². The molecule has 13 heteroatoms. The van der Waals surface area contributed by atoms with Crippen LogP contribution in [-0.4, -0.2) is 41.2 Å². The van der Waals surface area contributed by atoms with Gasteiger partial charge in [0.25, 0.3) is 5.91 Å². The Bertz CT molecular complexity index is 1210. The van der Waals surface area contributed by atoms with Gasteiger partial charge < -0.3 is 25.9 Å².